The van der Waals surface area contributed by atoms with Crippen molar-refractivity contribution in [2.24, 2.45) is 5.73 Å². The van der Waals surface area contributed by atoms with Gasteiger partial charge >= 0.3 is 0 Å². The highest BCUT2D eigenvalue weighted by atomic mass is 35.5. The summed E-state index contributed by atoms with van der Waals surface area (Å²) in [6.07, 6.45) is 0.0958. The first-order valence-electron chi connectivity index (χ1n) is 7.21. The lowest BCUT2D eigenvalue weighted by Gasteiger charge is -2.13. The van der Waals surface area contributed by atoms with Crippen molar-refractivity contribution in [3.8, 4) is 5.75 Å². The zero-order valence-electron chi connectivity index (χ0n) is 13.0. The molecular formula is C18H20ClNO2. The Kier molecular flexibility index (Phi) is 5.22. The summed E-state index contributed by atoms with van der Waals surface area (Å²) >= 11 is 6.09. The zero-order valence-corrected chi connectivity index (χ0v) is 13.7. The molecule has 0 heterocycles. The minimum absolute atomic E-state index is 0.0958. The Morgan fingerprint density at radius 3 is 2.32 bits per heavy atom. The van der Waals surface area contributed by atoms with Crippen LogP contribution in [0.25, 0.3) is 0 Å². The van der Waals surface area contributed by atoms with Crippen molar-refractivity contribution in [1.29, 1.82) is 0 Å². The van der Waals surface area contributed by atoms with Gasteiger partial charge in [-0.3, -0.25) is 4.79 Å². The first-order valence-corrected chi connectivity index (χ1v) is 7.59. The molecule has 0 bridgehead atoms. The highest BCUT2D eigenvalue weighted by Gasteiger charge is 2.18. The van der Waals surface area contributed by atoms with E-state index in [2.05, 4.69) is 0 Å². The van der Waals surface area contributed by atoms with E-state index in [9.17, 15) is 4.79 Å². The van der Waals surface area contributed by atoms with Crippen molar-refractivity contribution >= 4 is 17.4 Å². The van der Waals surface area contributed by atoms with Crippen LogP contribution in [-0.2, 0) is 0 Å². The van der Waals surface area contributed by atoms with Crippen molar-refractivity contribution in [3.05, 3.63) is 64.2 Å². The SMILES string of the molecule is Cc1ccc(C(N)C(=O)c2ccc(OC(C)C)cc2)cc1Cl. The standard InChI is InChI=1S/C18H20ClNO2/c1-11(2)22-15-8-6-13(7-9-15)18(21)17(20)14-5-4-12(3)16(19)10-14/h4-11,17H,20H2,1-3H3. The maximum Gasteiger partial charge on any atom is 0.184 e. The second-order valence-electron chi connectivity index (χ2n) is 5.54. The van der Waals surface area contributed by atoms with Gasteiger partial charge in [-0.2, -0.15) is 0 Å². The van der Waals surface area contributed by atoms with Crippen molar-refractivity contribution in [2.75, 3.05) is 0 Å². The lowest BCUT2D eigenvalue weighted by Crippen LogP contribution is -2.21. The molecule has 2 aromatic rings. The summed E-state index contributed by atoms with van der Waals surface area (Å²) in [5.41, 5.74) is 8.29. The summed E-state index contributed by atoms with van der Waals surface area (Å²) in [7, 11) is 0. The van der Waals surface area contributed by atoms with E-state index < -0.39 is 6.04 Å². The number of hydrogen-bond acceptors (Lipinski definition) is 3. The predicted octanol–water partition coefficient (Wildman–Crippen LogP) is 4.32. The normalized spacial score (nSPS) is 12.3. The fourth-order valence-electron chi connectivity index (χ4n) is 2.10. The molecule has 0 amide bonds. The van der Waals surface area contributed by atoms with Crippen molar-refractivity contribution in [3.63, 3.8) is 0 Å². The van der Waals surface area contributed by atoms with Crippen molar-refractivity contribution < 1.29 is 9.53 Å². The van der Waals surface area contributed by atoms with Crippen LogP contribution in [0.2, 0.25) is 5.02 Å². The summed E-state index contributed by atoms with van der Waals surface area (Å²) in [6.45, 7) is 5.82. The fourth-order valence-corrected chi connectivity index (χ4v) is 2.29. The number of rotatable bonds is 5. The van der Waals surface area contributed by atoms with E-state index in [1.807, 2.05) is 32.9 Å². The molecule has 2 rings (SSSR count). The highest BCUT2D eigenvalue weighted by molar-refractivity contribution is 6.31. The summed E-state index contributed by atoms with van der Waals surface area (Å²) in [5.74, 6) is 0.592. The van der Waals surface area contributed by atoms with Gasteiger partial charge in [-0.25, -0.2) is 0 Å². The predicted molar refractivity (Wildman–Crippen MR) is 89.7 cm³/mol. The van der Waals surface area contributed by atoms with E-state index in [0.29, 0.717) is 16.1 Å². The molecule has 0 aromatic heterocycles. The van der Waals surface area contributed by atoms with Crippen molar-refractivity contribution in [2.45, 2.75) is 32.9 Å². The molecule has 2 N–H and O–H groups in total. The molecule has 0 saturated carbocycles. The Hall–Kier alpha value is -1.84. The Labute approximate surface area is 136 Å². The van der Waals surface area contributed by atoms with Gasteiger partial charge in [0, 0.05) is 10.6 Å². The fraction of sp³-hybridized carbons (Fsp3) is 0.278. The van der Waals surface area contributed by atoms with Crippen LogP contribution in [0, 0.1) is 6.92 Å². The van der Waals surface area contributed by atoms with Gasteiger partial charge in [0.1, 0.15) is 5.75 Å². The molecule has 0 saturated heterocycles. The Morgan fingerprint density at radius 1 is 1.14 bits per heavy atom. The van der Waals surface area contributed by atoms with E-state index in [-0.39, 0.29) is 11.9 Å². The van der Waals surface area contributed by atoms with Gasteiger partial charge in [-0.15, -0.1) is 0 Å². The molecule has 4 heteroatoms. The molecule has 0 spiro atoms. The number of nitrogens with two attached hydrogens (primary N) is 1. The first-order chi connectivity index (χ1) is 10.4. The number of ketones is 1. The molecular weight excluding hydrogens is 298 g/mol. The van der Waals surface area contributed by atoms with Crippen LogP contribution in [-0.4, -0.2) is 11.9 Å². The molecule has 22 heavy (non-hydrogen) atoms. The Morgan fingerprint density at radius 2 is 1.77 bits per heavy atom. The quantitative estimate of drug-likeness (QED) is 0.836. The number of benzene rings is 2. The van der Waals surface area contributed by atoms with Crippen molar-refractivity contribution in [1.82, 2.24) is 0 Å². The van der Waals surface area contributed by atoms with E-state index in [1.165, 1.54) is 0 Å². The lowest BCUT2D eigenvalue weighted by molar-refractivity contribution is 0.0961. The number of hydrogen-bond donors (Lipinski definition) is 1. The monoisotopic (exact) mass is 317 g/mol. The molecule has 0 radical (unpaired) electrons. The third kappa shape index (κ3) is 3.87. The van der Waals surface area contributed by atoms with Gasteiger partial charge in [0.2, 0.25) is 0 Å². The summed E-state index contributed by atoms with van der Waals surface area (Å²) < 4.78 is 5.56. The van der Waals surface area contributed by atoms with Gasteiger partial charge in [0.15, 0.2) is 5.78 Å². The average molecular weight is 318 g/mol. The van der Waals surface area contributed by atoms with Crippen LogP contribution >= 0.6 is 11.6 Å². The molecule has 0 aliphatic carbocycles. The van der Waals surface area contributed by atoms with E-state index in [4.69, 9.17) is 22.1 Å². The Balaban J connectivity index is 2.17. The summed E-state index contributed by atoms with van der Waals surface area (Å²) in [6, 6.07) is 11.7. The molecule has 1 atom stereocenters. The zero-order chi connectivity index (χ0) is 16.3. The third-order valence-electron chi connectivity index (χ3n) is 3.35. The minimum atomic E-state index is -0.727. The van der Waals surface area contributed by atoms with Gasteiger partial charge in [0.05, 0.1) is 12.1 Å². The number of Topliss-reactive ketones (excluding diaryl/α,β-unsaturated/α-hetero) is 1. The van der Waals surface area contributed by atoms with Gasteiger partial charge in [-0.05, 0) is 62.2 Å². The number of ether oxygens (including phenoxy) is 1. The largest absolute Gasteiger partial charge is 0.491 e. The maximum absolute atomic E-state index is 12.5. The Bertz CT molecular complexity index is 665. The number of carbonyl (C=O) groups excluding carboxylic acids is 1. The number of carbonyl (C=O) groups is 1. The molecule has 116 valence electrons. The molecule has 1 unspecified atom stereocenters. The van der Waals surface area contributed by atoms with Gasteiger partial charge in [-0.1, -0.05) is 23.7 Å². The highest BCUT2D eigenvalue weighted by Crippen LogP contribution is 2.23. The summed E-state index contributed by atoms with van der Waals surface area (Å²) in [4.78, 5) is 12.5. The topological polar surface area (TPSA) is 52.3 Å². The second kappa shape index (κ2) is 6.95. The maximum atomic E-state index is 12.5. The first kappa shape index (κ1) is 16.5. The van der Waals surface area contributed by atoms with Gasteiger partial charge < -0.3 is 10.5 Å². The second-order valence-corrected chi connectivity index (χ2v) is 5.95. The van der Waals surface area contributed by atoms with E-state index in [1.54, 1.807) is 30.3 Å². The average Bonchev–Trinajstić information content (AvgIpc) is 2.49. The molecule has 0 fully saturated rings. The van der Waals surface area contributed by atoms with E-state index >= 15 is 0 Å². The van der Waals surface area contributed by atoms with Crippen LogP contribution in [0.15, 0.2) is 42.5 Å². The van der Waals surface area contributed by atoms with Crippen LogP contribution < -0.4 is 10.5 Å². The summed E-state index contributed by atoms with van der Waals surface area (Å²) in [5, 5.41) is 0.612. The van der Waals surface area contributed by atoms with Gasteiger partial charge in [0.25, 0.3) is 0 Å². The molecule has 2 aromatic carbocycles. The van der Waals surface area contributed by atoms with Crippen LogP contribution in [0.5, 0.6) is 5.75 Å². The molecule has 0 aliphatic rings. The smallest absolute Gasteiger partial charge is 0.184 e. The number of halogens is 1. The van der Waals surface area contributed by atoms with Crippen LogP contribution in [0.1, 0.15) is 41.4 Å². The molecule has 0 aliphatic heterocycles. The lowest BCUT2D eigenvalue weighted by atomic mass is 9.97. The third-order valence-corrected chi connectivity index (χ3v) is 3.76. The van der Waals surface area contributed by atoms with Crippen LogP contribution in [0.4, 0.5) is 0 Å². The van der Waals surface area contributed by atoms with Crippen LogP contribution in [0.3, 0.4) is 0 Å². The molecule has 3 nitrogen and oxygen atoms in total. The minimum Gasteiger partial charge on any atom is -0.491 e. The van der Waals surface area contributed by atoms with E-state index in [0.717, 1.165) is 11.3 Å². The number of aryl methyl sites for hydroxylation is 1.